The van der Waals surface area contributed by atoms with Crippen molar-refractivity contribution in [2.24, 2.45) is 5.92 Å². The van der Waals surface area contributed by atoms with Gasteiger partial charge in [-0.05, 0) is 48.5 Å². The van der Waals surface area contributed by atoms with Crippen LogP contribution in [-0.4, -0.2) is 36.8 Å². The van der Waals surface area contributed by atoms with Crippen molar-refractivity contribution in [2.45, 2.75) is 13.3 Å². The topological polar surface area (TPSA) is 105 Å². The predicted octanol–water partition coefficient (Wildman–Crippen LogP) is 2.32. The number of ether oxygens (including phenoxy) is 1. The summed E-state index contributed by atoms with van der Waals surface area (Å²) in [6, 6.07) is 11.8. The maximum Gasteiger partial charge on any atom is 0.311 e. The van der Waals surface area contributed by atoms with E-state index < -0.39 is 30.2 Å². The minimum atomic E-state index is -0.702. The smallest absolute Gasteiger partial charge is 0.311 e. The SMILES string of the molecule is CC(=O)Nc1ccc(NC(=O)COC(=O)[C@H]2CC(=O)N(c3ccc(F)cc3)C2)cc1. The normalized spacial score (nSPS) is 15.6. The molecule has 30 heavy (non-hydrogen) atoms. The van der Waals surface area contributed by atoms with Gasteiger partial charge >= 0.3 is 5.97 Å². The molecule has 0 bridgehead atoms. The first kappa shape index (κ1) is 21.0. The van der Waals surface area contributed by atoms with E-state index in [9.17, 15) is 23.6 Å². The number of rotatable bonds is 6. The summed E-state index contributed by atoms with van der Waals surface area (Å²) in [7, 11) is 0. The highest BCUT2D eigenvalue weighted by atomic mass is 19.1. The second-order valence-corrected chi connectivity index (χ2v) is 6.80. The maximum atomic E-state index is 13.0. The van der Waals surface area contributed by atoms with E-state index in [0.29, 0.717) is 17.1 Å². The van der Waals surface area contributed by atoms with E-state index >= 15 is 0 Å². The Morgan fingerprint density at radius 2 is 1.63 bits per heavy atom. The molecule has 156 valence electrons. The number of nitrogens with one attached hydrogen (secondary N) is 2. The van der Waals surface area contributed by atoms with Crippen molar-refractivity contribution in [3.8, 4) is 0 Å². The highest BCUT2D eigenvalue weighted by molar-refractivity contribution is 6.00. The van der Waals surface area contributed by atoms with Gasteiger partial charge in [0.25, 0.3) is 5.91 Å². The van der Waals surface area contributed by atoms with Gasteiger partial charge in [0, 0.05) is 37.0 Å². The lowest BCUT2D eigenvalue weighted by molar-refractivity contribution is -0.151. The number of hydrogen-bond donors (Lipinski definition) is 2. The van der Waals surface area contributed by atoms with E-state index in [1.54, 1.807) is 24.3 Å². The summed E-state index contributed by atoms with van der Waals surface area (Å²) in [6.07, 6.45) is -0.0392. The van der Waals surface area contributed by atoms with Crippen molar-refractivity contribution < 1.29 is 28.3 Å². The minimum Gasteiger partial charge on any atom is -0.455 e. The highest BCUT2D eigenvalue weighted by Crippen LogP contribution is 2.26. The van der Waals surface area contributed by atoms with Gasteiger partial charge in [0.15, 0.2) is 6.61 Å². The zero-order chi connectivity index (χ0) is 21.7. The molecule has 0 unspecified atom stereocenters. The summed E-state index contributed by atoms with van der Waals surface area (Å²) in [5, 5.41) is 5.18. The number of esters is 1. The minimum absolute atomic E-state index is 0.0392. The Labute approximate surface area is 172 Å². The molecule has 1 fully saturated rings. The third-order valence-corrected chi connectivity index (χ3v) is 4.43. The van der Waals surface area contributed by atoms with E-state index in [1.165, 1.54) is 36.1 Å². The molecule has 1 saturated heterocycles. The van der Waals surface area contributed by atoms with E-state index in [4.69, 9.17) is 4.74 Å². The van der Waals surface area contributed by atoms with Crippen molar-refractivity contribution in [2.75, 3.05) is 28.7 Å². The summed E-state index contributed by atoms with van der Waals surface area (Å²) in [4.78, 5) is 48.8. The molecule has 8 nitrogen and oxygen atoms in total. The summed E-state index contributed by atoms with van der Waals surface area (Å²) in [6.45, 7) is 1.00. The number of carbonyl (C=O) groups is 4. The number of nitrogens with zero attached hydrogens (tertiary/aromatic N) is 1. The van der Waals surface area contributed by atoms with Gasteiger partial charge in [-0.3, -0.25) is 19.2 Å². The lowest BCUT2D eigenvalue weighted by atomic mass is 10.1. The molecule has 3 amide bonds. The van der Waals surface area contributed by atoms with Gasteiger partial charge in [-0.25, -0.2) is 4.39 Å². The van der Waals surface area contributed by atoms with Crippen LogP contribution in [0, 0.1) is 11.7 Å². The third kappa shape index (κ3) is 5.40. The van der Waals surface area contributed by atoms with E-state index in [2.05, 4.69) is 10.6 Å². The molecule has 2 N–H and O–H groups in total. The van der Waals surface area contributed by atoms with Crippen molar-refractivity contribution in [3.63, 3.8) is 0 Å². The second kappa shape index (κ2) is 9.17. The number of amides is 3. The van der Waals surface area contributed by atoms with Gasteiger partial charge in [0.1, 0.15) is 5.82 Å². The molecule has 0 saturated carbocycles. The largest absolute Gasteiger partial charge is 0.455 e. The molecule has 2 aromatic rings. The number of carbonyl (C=O) groups excluding carboxylic acids is 4. The van der Waals surface area contributed by atoms with Crippen LogP contribution in [0.15, 0.2) is 48.5 Å². The first-order valence-electron chi connectivity index (χ1n) is 9.22. The van der Waals surface area contributed by atoms with Crippen LogP contribution in [0.4, 0.5) is 21.5 Å². The van der Waals surface area contributed by atoms with Gasteiger partial charge in [0.2, 0.25) is 11.8 Å². The average molecular weight is 413 g/mol. The van der Waals surface area contributed by atoms with Crippen molar-refractivity contribution in [1.82, 2.24) is 0 Å². The zero-order valence-electron chi connectivity index (χ0n) is 16.2. The fraction of sp³-hybridized carbons (Fsp3) is 0.238. The summed E-state index contributed by atoms with van der Waals surface area (Å²) in [5.74, 6) is -2.78. The quantitative estimate of drug-likeness (QED) is 0.708. The Bertz CT molecular complexity index is 960. The second-order valence-electron chi connectivity index (χ2n) is 6.80. The van der Waals surface area contributed by atoms with Crippen LogP contribution in [0.5, 0.6) is 0 Å². The Balaban J connectivity index is 1.48. The summed E-state index contributed by atoms with van der Waals surface area (Å²) < 4.78 is 18.1. The highest BCUT2D eigenvalue weighted by Gasteiger charge is 2.36. The van der Waals surface area contributed by atoms with Crippen LogP contribution < -0.4 is 15.5 Å². The van der Waals surface area contributed by atoms with Crippen LogP contribution in [0.1, 0.15) is 13.3 Å². The fourth-order valence-electron chi connectivity index (χ4n) is 3.03. The van der Waals surface area contributed by atoms with Gasteiger partial charge in [0.05, 0.1) is 5.92 Å². The molecule has 2 aromatic carbocycles. The van der Waals surface area contributed by atoms with E-state index in [1.807, 2.05) is 0 Å². The summed E-state index contributed by atoms with van der Waals surface area (Å²) >= 11 is 0. The van der Waals surface area contributed by atoms with E-state index in [0.717, 1.165) is 0 Å². The van der Waals surface area contributed by atoms with Crippen LogP contribution in [-0.2, 0) is 23.9 Å². The monoisotopic (exact) mass is 413 g/mol. The van der Waals surface area contributed by atoms with Crippen molar-refractivity contribution in [3.05, 3.63) is 54.3 Å². The molecule has 0 aliphatic carbocycles. The predicted molar refractivity (Wildman–Crippen MR) is 107 cm³/mol. The fourth-order valence-corrected chi connectivity index (χ4v) is 3.03. The molecule has 1 atom stereocenters. The number of halogens is 1. The molecular weight excluding hydrogens is 393 g/mol. The molecule has 0 radical (unpaired) electrons. The Morgan fingerprint density at radius 3 is 2.23 bits per heavy atom. The van der Waals surface area contributed by atoms with Gasteiger partial charge < -0.3 is 20.3 Å². The summed E-state index contributed by atoms with van der Waals surface area (Å²) in [5.41, 5.74) is 1.56. The Morgan fingerprint density at radius 1 is 1.03 bits per heavy atom. The molecule has 0 spiro atoms. The number of anilines is 3. The maximum absolute atomic E-state index is 13.0. The zero-order valence-corrected chi connectivity index (χ0v) is 16.2. The first-order chi connectivity index (χ1) is 14.3. The lowest BCUT2D eigenvalue weighted by Gasteiger charge is -2.16. The Kier molecular flexibility index (Phi) is 6.41. The molecule has 1 aliphatic heterocycles. The third-order valence-electron chi connectivity index (χ3n) is 4.43. The van der Waals surface area contributed by atoms with E-state index in [-0.39, 0.29) is 24.8 Å². The molecule has 1 heterocycles. The van der Waals surface area contributed by atoms with Gasteiger partial charge in [-0.15, -0.1) is 0 Å². The van der Waals surface area contributed by atoms with Gasteiger partial charge in [-0.1, -0.05) is 0 Å². The molecule has 9 heteroatoms. The Hall–Kier alpha value is -3.75. The van der Waals surface area contributed by atoms with Crippen LogP contribution in [0.2, 0.25) is 0 Å². The molecular formula is C21H20FN3O5. The molecule has 1 aliphatic rings. The van der Waals surface area contributed by atoms with Gasteiger partial charge in [-0.2, -0.15) is 0 Å². The van der Waals surface area contributed by atoms with Crippen molar-refractivity contribution >= 4 is 40.8 Å². The van der Waals surface area contributed by atoms with Crippen LogP contribution in [0.25, 0.3) is 0 Å². The molecule has 3 rings (SSSR count). The van der Waals surface area contributed by atoms with Crippen LogP contribution >= 0.6 is 0 Å². The lowest BCUT2D eigenvalue weighted by Crippen LogP contribution is -2.28. The standard InChI is InChI=1S/C21H20FN3O5/c1-13(26)23-16-4-6-17(7-5-16)24-19(27)12-30-21(29)14-10-20(28)25(11-14)18-8-2-15(22)3-9-18/h2-9,14H,10-12H2,1H3,(H,23,26)(H,24,27)/t14-/m0/s1. The van der Waals surface area contributed by atoms with Crippen LogP contribution in [0.3, 0.4) is 0 Å². The number of hydrogen-bond acceptors (Lipinski definition) is 5. The molecule has 0 aromatic heterocycles. The van der Waals surface area contributed by atoms with Crippen molar-refractivity contribution in [1.29, 1.82) is 0 Å². The first-order valence-corrected chi connectivity index (χ1v) is 9.22. The number of benzene rings is 2. The average Bonchev–Trinajstić information content (AvgIpc) is 3.09.